The summed E-state index contributed by atoms with van der Waals surface area (Å²) in [5.41, 5.74) is 2.52. The molecule has 110 valence electrons. The molecule has 0 bridgehead atoms. The highest BCUT2D eigenvalue weighted by atomic mass is 79.9. The summed E-state index contributed by atoms with van der Waals surface area (Å²) < 4.78 is 6.58. The number of nitrogens with one attached hydrogen (secondary N) is 1. The van der Waals surface area contributed by atoms with Crippen LogP contribution in [0.25, 0.3) is 0 Å². The van der Waals surface area contributed by atoms with Crippen LogP contribution in [0.1, 0.15) is 24.1 Å². The van der Waals surface area contributed by atoms with Gasteiger partial charge in [0.05, 0.1) is 0 Å². The molecule has 0 aromatic heterocycles. The Morgan fingerprint density at radius 2 is 1.81 bits per heavy atom. The summed E-state index contributed by atoms with van der Waals surface area (Å²) in [6.07, 6.45) is 1.75. The molecule has 0 saturated heterocycles. The maximum Gasteiger partial charge on any atom is 0.119 e. The van der Waals surface area contributed by atoms with E-state index in [0.29, 0.717) is 12.6 Å². The van der Waals surface area contributed by atoms with E-state index in [1.807, 2.05) is 12.1 Å². The highest BCUT2D eigenvalue weighted by Crippen LogP contribution is 2.17. The Hall–Kier alpha value is -1.58. The quantitative estimate of drug-likeness (QED) is 0.723. The van der Waals surface area contributed by atoms with Crippen LogP contribution in [0, 0.1) is 0 Å². The van der Waals surface area contributed by atoms with Crippen molar-refractivity contribution in [2.45, 2.75) is 19.5 Å². The van der Waals surface area contributed by atoms with Gasteiger partial charge in [-0.1, -0.05) is 52.9 Å². The van der Waals surface area contributed by atoms with Gasteiger partial charge in [0, 0.05) is 17.1 Å². The minimum Gasteiger partial charge on any atom is -0.490 e. The molecule has 2 aromatic rings. The van der Waals surface area contributed by atoms with Crippen molar-refractivity contribution in [2.24, 2.45) is 0 Å². The van der Waals surface area contributed by atoms with Gasteiger partial charge in [0.2, 0.25) is 0 Å². The van der Waals surface area contributed by atoms with Gasteiger partial charge in [0.15, 0.2) is 0 Å². The minimum absolute atomic E-state index is 0.315. The molecule has 1 unspecified atom stereocenters. The van der Waals surface area contributed by atoms with E-state index in [1.165, 1.54) is 11.1 Å². The summed E-state index contributed by atoms with van der Waals surface area (Å²) in [7, 11) is 0. The number of hydrogen-bond acceptors (Lipinski definition) is 2. The molecule has 21 heavy (non-hydrogen) atoms. The van der Waals surface area contributed by atoms with Gasteiger partial charge >= 0.3 is 0 Å². The van der Waals surface area contributed by atoms with Crippen LogP contribution < -0.4 is 10.1 Å². The van der Waals surface area contributed by atoms with Gasteiger partial charge in [-0.25, -0.2) is 0 Å². The molecule has 0 aliphatic carbocycles. The molecule has 2 nitrogen and oxygen atoms in total. The Balaban J connectivity index is 1.87. The molecule has 0 amide bonds. The smallest absolute Gasteiger partial charge is 0.119 e. The van der Waals surface area contributed by atoms with Gasteiger partial charge in [0.1, 0.15) is 12.4 Å². The second-order valence-corrected chi connectivity index (χ2v) is 5.81. The van der Waals surface area contributed by atoms with Crippen molar-refractivity contribution in [3.8, 4) is 5.75 Å². The van der Waals surface area contributed by atoms with Crippen molar-refractivity contribution in [1.29, 1.82) is 0 Å². The van der Waals surface area contributed by atoms with E-state index in [1.54, 1.807) is 6.08 Å². The number of hydrogen-bond donors (Lipinski definition) is 1. The Labute approximate surface area is 135 Å². The topological polar surface area (TPSA) is 21.3 Å². The van der Waals surface area contributed by atoms with E-state index in [0.717, 1.165) is 16.8 Å². The van der Waals surface area contributed by atoms with Crippen molar-refractivity contribution in [2.75, 3.05) is 6.61 Å². The zero-order valence-electron chi connectivity index (χ0n) is 12.2. The summed E-state index contributed by atoms with van der Waals surface area (Å²) in [5.74, 6) is 0.875. The van der Waals surface area contributed by atoms with Crippen LogP contribution in [0.2, 0.25) is 0 Å². The Bertz CT molecular complexity index is 563. The lowest BCUT2D eigenvalue weighted by Gasteiger charge is -2.14. The molecule has 0 fully saturated rings. The third-order valence-corrected chi connectivity index (χ3v) is 3.80. The van der Waals surface area contributed by atoms with E-state index in [2.05, 4.69) is 71.1 Å². The Morgan fingerprint density at radius 3 is 2.43 bits per heavy atom. The number of benzene rings is 2. The highest BCUT2D eigenvalue weighted by molar-refractivity contribution is 9.10. The van der Waals surface area contributed by atoms with Crippen molar-refractivity contribution in [1.82, 2.24) is 5.32 Å². The van der Waals surface area contributed by atoms with Crippen LogP contribution in [0.5, 0.6) is 5.75 Å². The fourth-order valence-corrected chi connectivity index (χ4v) is 2.26. The van der Waals surface area contributed by atoms with Gasteiger partial charge in [-0.15, -0.1) is 0 Å². The molecule has 1 atom stereocenters. The van der Waals surface area contributed by atoms with Gasteiger partial charge in [-0.2, -0.15) is 0 Å². The molecular weight excluding hydrogens is 326 g/mol. The first-order chi connectivity index (χ1) is 10.2. The standard InChI is InChI=1S/C18H20BrNO/c1-3-12-21-18-10-4-15(5-11-18)13-20-14(2)16-6-8-17(19)9-7-16/h3-11,14,20H,1,12-13H2,2H3. The van der Waals surface area contributed by atoms with E-state index >= 15 is 0 Å². The first-order valence-corrected chi connectivity index (χ1v) is 7.80. The van der Waals surface area contributed by atoms with Crippen LogP contribution in [0.4, 0.5) is 0 Å². The SMILES string of the molecule is C=CCOc1ccc(CNC(C)c2ccc(Br)cc2)cc1. The fourth-order valence-electron chi connectivity index (χ4n) is 2.00. The third kappa shape index (κ3) is 5.03. The number of ether oxygens (including phenoxy) is 1. The monoisotopic (exact) mass is 345 g/mol. The third-order valence-electron chi connectivity index (χ3n) is 3.27. The first kappa shape index (κ1) is 15.8. The normalized spacial score (nSPS) is 11.9. The van der Waals surface area contributed by atoms with E-state index in [4.69, 9.17) is 4.74 Å². The van der Waals surface area contributed by atoms with E-state index in [-0.39, 0.29) is 0 Å². The first-order valence-electron chi connectivity index (χ1n) is 7.00. The Kier molecular flexibility index (Phi) is 6.03. The van der Waals surface area contributed by atoms with Gasteiger partial charge < -0.3 is 10.1 Å². The van der Waals surface area contributed by atoms with Crippen molar-refractivity contribution >= 4 is 15.9 Å². The molecule has 0 radical (unpaired) electrons. The van der Waals surface area contributed by atoms with Gasteiger partial charge in [-0.3, -0.25) is 0 Å². The van der Waals surface area contributed by atoms with Crippen molar-refractivity contribution in [3.63, 3.8) is 0 Å². The lowest BCUT2D eigenvalue weighted by Crippen LogP contribution is -2.17. The average molecular weight is 346 g/mol. The van der Waals surface area contributed by atoms with Crippen LogP contribution in [0.3, 0.4) is 0 Å². The molecule has 3 heteroatoms. The molecule has 0 aliphatic rings. The molecule has 2 aromatic carbocycles. The predicted octanol–water partition coefficient (Wildman–Crippen LogP) is 4.86. The van der Waals surface area contributed by atoms with Crippen LogP contribution >= 0.6 is 15.9 Å². The average Bonchev–Trinajstić information content (AvgIpc) is 2.52. The Morgan fingerprint density at radius 1 is 1.14 bits per heavy atom. The summed E-state index contributed by atoms with van der Waals surface area (Å²) in [4.78, 5) is 0. The largest absolute Gasteiger partial charge is 0.490 e. The summed E-state index contributed by atoms with van der Waals surface area (Å²) in [6, 6.07) is 16.9. The maximum absolute atomic E-state index is 5.47. The van der Waals surface area contributed by atoms with Crippen molar-refractivity contribution in [3.05, 3.63) is 76.8 Å². The van der Waals surface area contributed by atoms with Crippen molar-refractivity contribution < 1.29 is 4.74 Å². The molecule has 2 rings (SSSR count). The van der Waals surface area contributed by atoms with E-state index in [9.17, 15) is 0 Å². The van der Waals surface area contributed by atoms with Crippen LogP contribution in [-0.2, 0) is 6.54 Å². The zero-order chi connectivity index (χ0) is 15.1. The van der Waals surface area contributed by atoms with E-state index < -0.39 is 0 Å². The van der Waals surface area contributed by atoms with Crippen LogP contribution in [0.15, 0.2) is 65.7 Å². The van der Waals surface area contributed by atoms with Gasteiger partial charge in [-0.05, 0) is 42.3 Å². The van der Waals surface area contributed by atoms with Crippen LogP contribution in [-0.4, -0.2) is 6.61 Å². The molecule has 0 saturated carbocycles. The molecule has 0 aliphatic heterocycles. The lowest BCUT2D eigenvalue weighted by molar-refractivity contribution is 0.363. The maximum atomic E-state index is 5.47. The molecular formula is C18H20BrNO. The second-order valence-electron chi connectivity index (χ2n) is 4.90. The minimum atomic E-state index is 0.315. The molecule has 1 N–H and O–H groups in total. The summed E-state index contributed by atoms with van der Waals surface area (Å²) >= 11 is 3.46. The second kappa shape index (κ2) is 8.01. The van der Waals surface area contributed by atoms with Gasteiger partial charge in [0.25, 0.3) is 0 Å². The summed E-state index contributed by atoms with van der Waals surface area (Å²) in [6.45, 7) is 7.18. The fraction of sp³-hybridized carbons (Fsp3) is 0.222. The summed E-state index contributed by atoms with van der Waals surface area (Å²) in [5, 5.41) is 3.52. The predicted molar refractivity (Wildman–Crippen MR) is 91.5 cm³/mol. The molecule has 0 spiro atoms. The highest BCUT2D eigenvalue weighted by Gasteiger charge is 2.04. The molecule has 0 heterocycles. The zero-order valence-corrected chi connectivity index (χ0v) is 13.8. The number of halogens is 1. The lowest BCUT2D eigenvalue weighted by atomic mass is 10.1. The number of rotatable bonds is 7.